The first-order chi connectivity index (χ1) is 10.8. The normalized spacial score (nSPS) is 15.7. The third-order valence-corrected chi connectivity index (χ3v) is 5.20. The van der Waals surface area contributed by atoms with Gasteiger partial charge in [-0.05, 0) is 43.4 Å². The number of sulfonamides is 1. The minimum Gasteiger partial charge on any atom is -0.348 e. The average molecular weight is 376 g/mol. The summed E-state index contributed by atoms with van der Waals surface area (Å²) < 4.78 is 27.0. The Morgan fingerprint density at radius 1 is 1.33 bits per heavy atom. The van der Waals surface area contributed by atoms with Crippen molar-refractivity contribution in [2.45, 2.75) is 50.1 Å². The van der Waals surface area contributed by atoms with Crippen molar-refractivity contribution in [1.82, 2.24) is 10.0 Å². The molecule has 1 unspecified atom stereocenters. The van der Waals surface area contributed by atoms with Crippen molar-refractivity contribution in [2.75, 3.05) is 6.54 Å². The molecule has 1 fully saturated rings. The Bertz CT molecular complexity index is 660. The van der Waals surface area contributed by atoms with Gasteiger partial charge < -0.3 is 11.1 Å². The zero-order valence-electron chi connectivity index (χ0n) is 14.0. The predicted molar refractivity (Wildman–Crippen MR) is 96.8 cm³/mol. The molecule has 8 heteroatoms. The molecule has 1 saturated carbocycles. The van der Waals surface area contributed by atoms with Crippen molar-refractivity contribution in [1.29, 1.82) is 0 Å². The van der Waals surface area contributed by atoms with Gasteiger partial charge in [0, 0.05) is 24.2 Å². The SMILES string of the molecule is CC(C)CC(CN)NC(=O)c1cccc(S(=O)(=O)NC2CC2)c1.Cl. The van der Waals surface area contributed by atoms with E-state index in [9.17, 15) is 13.2 Å². The lowest BCUT2D eigenvalue weighted by atomic mass is 10.0. The van der Waals surface area contributed by atoms with Gasteiger partial charge in [0.1, 0.15) is 0 Å². The standard InChI is InChI=1S/C16H25N3O3S.ClH/c1-11(2)8-14(10-17)18-16(20)12-4-3-5-15(9-12)23(21,22)19-13-6-7-13;/h3-5,9,11,13-14,19H,6-8,10,17H2,1-2H3,(H,18,20);1H. The summed E-state index contributed by atoms with van der Waals surface area (Å²) in [5.41, 5.74) is 6.01. The Labute approximate surface area is 150 Å². The molecule has 1 atom stereocenters. The van der Waals surface area contributed by atoms with Gasteiger partial charge in [0.25, 0.3) is 5.91 Å². The fraction of sp³-hybridized carbons (Fsp3) is 0.562. The summed E-state index contributed by atoms with van der Waals surface area (Å²) in [5.74, 6) is 0.114. The highest BCUT2D eigenvalue weighted by Gasteiger charge is 2.28. The van der Waals surface area contributed by atoms with Crippen LogP contribution in [0.25, 0.3) is 0 Å². The molecule has 24 heavy (non-hydrogen) atoms. The minimum atomic E-state index is -3.56. The second kappa shape index (κ2) is 8.80. The zero-order valence-corrected chi connectivity index (χ0v) is 15.6. The third-order valence-electron chi connectivity index (χ3n) is 3.68. The molecule has 0 spiro atoms. The van der Waals surface area contributed by atoms with Crippen LogP contribution in [0.1, 0.15) is 43.5 Å². The largest absolute Gasteiger partial charge is 0.348 e. The van der Waals surface area contributed by atoms with E-state index in [1.165, 1.54) is 12.1 Å². The van der Waals surface area contributed by atoms with E-state index in [4.69, 9.17) is 5.73 Å². The molecule has 1 aromatic carbocycles. The van der Waals surface area contributed by atoms with Gasteiger partial charge in [-0.1, -0.05) is 19.9 Å². The highest BCUT2D eigenvalue weighted by Crippen LogP contribution is 2.22. The third kappa shape index (κ3) is 6.05. The zero-order chi connectivity index (χ0) is 17.0. The van der Waals surface area contributed by atoms with Gasteiger partial charge >= 0.3 is 0 Å². The van der Waals surface area contributed by atoms with Gasteiger partial charge in [0.15, 0.2) is 0 Å². The molecule has 0 aromatic heterocycles. The Morgan fingerprint density at radius 2 is 2.00 bits per heavy atom. The maximum Gasteiger partial charge on any atom is 0.251 e. The number of halogens is 1. The molecule has 1 amide bonds. The van der Waals surface area contributed by atoms with Crippen molar-refractivity contribution < 1.29 is 13.2 Å². The Hall–Kier alpha value is -1.15. The van der Waals surface area contributed by atoms with Gasteiger partial charge in [0.2, 0.25) is 10.0 Å². The first-order valence-electron chi connectivity index (χ1n) is 7.95. The highest BCUT2D eigenvalue weighted by atomic mass is 35.5. The molecule has 0 heterocycles. The Balaban J connectivity index is 0.00000288. The second-order valence-electron chi connectivity index (χ2n) is 6.46. The lowest BCUT2D eigenvalue weighted by molar-refractivity contribution is 0.0933. The van der Waals surface area contributed by atoms with E-state index in [0.717, 1.165) is 19.3 Å². The number of amides is 1. The quantitative estimate of drug-likeness (QED) is 0.643. The molecule has 136 valence electrons. The van der Waals surface area contributed by atoms with E-state index in [-0.39, 0.29) is 35.3 Å². The van der Waals surface area contributed by atoms with Crippen LogP contribution in [0, 0.1) is 5.92 Å². The number of carbonyl (C=O) groups excluding carboxylic acids is 1. The molecule has 6 nitrogen and oxygen atoms in total. The van der Waals surface area contributed by atoms with Gasteiger partial charge in [-0.3, -0.25) is 4.79 Å². The highest BCUT2D eigenvalue weighted by molar-refractivity contribution is 7.89. The number of hydrogen-bond acceptors (Lipinski definition) is 4. The molecule has 0 saturated heterocycles. The topological polar surface area (TPSA) is 101 Å². The number of nitrogens with two attached hydrogens (primary N) is 1. The number of rotatable bonds is 8. The van der Waals surface area contributed by atoms with Crippen LogP contribution in [0.2, 0.25) is 0 Å². The molecule has 1 aromatic rings. The van der Waals surface area contributed by atoms with Crippen molar-refractivity contribution in [2.24, 2.45) is 11.7 Å². The molecule has 0 bridgehead atoms. The number of hydrogen-bond donors (Lipinski definition) is 3. The second-order valence-corrected chi connectivity index (χ2v) is 8.17. The lowest BCUT2D eigenvalue weighted by Crippen LogP contribution is -2.41. The summed E-state index contributed by atoms with van der Waals surface area (Å²) in [6.07, 6.45) is 2.52. The first kappa shape index (κ1) is 20.9. The molecular weight excluding hydrogens is 350 g/mol. The number of benzene rings is 1. The van der Waals surface area contributed by atoms with Crippen LogP contribution in [0.5, 0.6) is 0 Å². The summed E-state index contributed by atoms with van der Waals surface area (Å²) in [6.45, 7) is 4.47. The Kier molecular flexibility index (Phi) is 7.66. The van der Waals surface area contributed by atoms with E-state index >= 15 is 0 Å². The molecule has 0 aliphatic heterocycles. The molecule has 0 radical (unpaired) electrons. The van der Waals surface area contributed by atoms with Crippen molar-refractivity contribution in [3.05, 3.63) is 29.8 Å². The van der Waals surface area contributed by atoms with Crippen LogP contribution in [-0.2, 0) is 10.0 Å². The number of nitrogens with one attached hydrogen (secondary N) is 2. The predicted octanol–water partition coefficient (Wildman–Crippen LogP) is 1.65. The van der Waals surface area contributed by atoms with E-state index < -0.39 is 10.0 Å². The maximum absolute atomic E-state index is 12.3. The summed E-state index contributed by atoms with van der Waals surface area (Å²) in [7, 11) is -3.56. The van der Waals surface area contributed by atoms with Crippen LogP contribution in [0.3, 0.4) is 0 Å². The summed E-state index contributed by atoms with van der Waals surface area (Å²) in [6, 6.07) is 6.00. The van der Waals surface area contributed by atoms with E-state index in [0.29, 0.717) is 18.0 Å². The van der Waals surface area contributed by atoms with Crippen LogP contribution >= 0.6 is 12.4 Å². The van der Waals surface area contributed by atoms with E-state index in [1.807, 2.05) is 0 Å². The number of carbonyl (C=O) groups is 1. The molecule has 1 aliphatic rings. The molecule has 2 rings (SSSR count). The first-order valence-corrected chi connectivity index (χ1v) is 9.43. The summed E-state index contributed by atoms with van der Waals surface area (Å²) >= 11 is 0. The van der Waals surface area contributed by atoms with Gasteiger partial charge in [0.05, 0.1) is 4.90 Å². The average Bonchev–Trinajstić information content (AvgIpc) is 3.29. The van der Waals surface area contributed by atoms with Crippen molar-refractivity contribution >= 4 is 28.3 Å². The molecule has 4 N–H and O–H groups in total. The molecular formula is C16H26ClN3O3S. The van der Waals surface area contributed by atoms with Gasteiger partial charge in [-0.2, -0.15) is 0 Å². The summed E-state index contributed by atoms with van der Waals surface area (Å²) in [5, 5.41) is 2.87. The lowest BCUT2D eigenvalue weighted by Gasteiger charge is -2.19. The van der Waals surface area contributed by atoms with Crippen LogP contribution in [-0.4, -0.2) is 33.0 Å². The van der Waals surface area contributed by atoms with Crippen LogP contribution < -0.4 is 15.8 Å². The van der Waals surface area contributed by atoms with Crippen LogP contribution in [0.4, 0.5) is 0 Å². The fourth-order valence-electron chi connectivity index (χ4n) is 2.34. The fourth-order valence-corrected chi connectivity index (χ4v) is 3.70. The monoisotopic (exact) mass is 375 g/mol. The smallest absolute Gasteiger partial charge is 0.251 e. The van der Waals surface area contributed by atoms with Gasteiger partial charge in [-0.25, -0.2) is 13.1 Å². The molecule has 1 aliphatic carbocycles. The van der Waals surface area contributed by atoms with Crippen molar-refractivity contribution in [3.63, 3.8) is 0 Å². The Morgan fingerprint density at radius 3 is 2.54 bits per heavy atom. The van der Waals surface area contributed by atoms with E-state index in [2.05, 4.69) is 23.9 Å². The minimum absolute atomic E-state index is 0. The van der Waals surface area contributed by atoms with Gasteiger partial charge in [-0.15, -0.1) is 12.4 Å². The summed E-state index contributed by atoms with van der Waals surface area (Å²) in [4.78, 5) is 12.4. The van der Waals surface area contributed by atoms with E-state index in [1.54, 1.807) is 12.1 Å². The van der Waals surface area contributed by atoms with Crippen molar-refractivity contribution in [3.8, 4) is 0 Å². The van der Waals surface area contributed by atoms with Crippen LogP contribution in [0.15, 0.2) is 29.2 Å². The maximum atomic E-state index is 12.3.